The van der Waals surface area contributed by atoms with Gasteiger partial charge in [0.15, 0.2) is 0 Å². The third-order valence-electron chi connectivity index (χ3n) is 3.91. The van der Waals surface area contributed by atoms with Crippen LogP contribution in [0.4, 0.5) is 0 Å². The van der Waals surface area contributed by atoms with E-state index in [1.165, 1.54) is 18.4 Å². The molecule has 2 aliphatic carbocycles. The fourth-order valence-corrected chi connectivity index (χ4v) is 3.91. The normalized spacial score (nSPS) is 23.3. The Labute approximate surface area is 110 Å². The lowest BCUT2D eigenvalue weighted by Gasteiger charge is -2.13. The van der Waals surface area contributed by atoms with Crippen molar-refractivity contribution in [3.63, 3.8) is 0 Å². The first-order chi connectivity index (χ1) is 8.59. The summed E-state index contributed by atoms with van der Waals surface area (Å²) in [6.45, 7) is 0. The standard InChI is InChI=1S/C14H22O3S/c15-18(16,17)14-11-7-3-6-10-13(14)12-8-4-1-2-5-9-12/h8H,1-7,9-11H2,(H,15,16,17). The molecular formula is C14H22O3S. The molecule has 0 spiro atoms. The highest BCUT2D eigenvalue weighted by Gasteiger charge is 2.23. The summed E-state index contributed by atoms with van der Waals surface area (Å²) >= 11 is 0. The lowest BCUT2D eigenvalue weighted by molar-refractivity contribution is 0.488. The maximum atomic E-state index is 11.5. The molecule has 2 rings (SSSR count). The smallest absolute Gasteiger partial charge is 0.282 e. The monoisotopic (exact) mass is 270 g/mol. The third-order valence-corrected chi connectivity index (χ3v) is 4.98. The first-order valence-corrected chi connectivity index (χ1v) is 8.42. The Kier molecular flexibility index (Phi) is 4.62. The van der Waals surface area contributed by atoms with Crippen LogP contribution in [0, 0.1) is 0 Å². The molecule has 0 fully saturated rings. The summed E-state index contributed by atoms with van der Waals surface area (Å²) in [5.74, 6) is 0. The van der Waals surface area contributed by atoms with E-state index in [9.17, 15) is 13.0 Å². The predicted octanol–water partition coefficient (Wildman–Crippen LogP) is 3.98. The van der Waals surface area contributed by atoms with Crippen LogP contribution in [-0.4, -0.2) is 13.0 Å². The van der Waals surface area contributed by atoms with Crippen molar-refractivity contribution in [1.29, 1.82) is 0 Å². The van der Waals surface area contributed by atoms with E-state index in [1.807, 2.05) is 0 Å². The molecular weight excluding hydrogens is 248 g/mol. The third kappa shape index (κ3) is 3.45. The van der Waals surface area contributed by atoms with E-state index >= 15 is 0 Å². The minimum atomic E-state index is -4.02. The van der Waals surface area contributed by atoms with Crippen molar-refractivity contribution in [2.75, 3.05) is 0 Å². The van der Waals surface area contributed by atoms with Gasteiger partial charge in [0.1, 0.15) is 0 Å². The summed E-state index contributed by atoms with van der Waals surface area (Å²) in [5.41, 5.74) is 2.11. The zero-order valence-electron chi connectivity index (χ0n) is 10.8. The molecule has 0 saturated carbocycles. The van der Waals surface area contributed by atoms with Crippen molar-refractivity contribution in [1.82, 2.24) is 0 Å². The minimum Gasteiger partial charge on any atom is -0.282 e. The van der Waals surface area contributed by atoms with Crippen LogP contribution in [-0.2, 0) is 10.1 Å². The average Bonchev–Trinajstić information content (AvgIpc) is 2.70. The Balaban J connectivity index is 2.39. The van der Waals surface area contributed by atoms with E-state index in [0.717, 1.165) is 50.5 Å². The van der Waals surface area contributed by atoms with Gasteiger partial charge in [0.25, 0.3) is 10.1 Å². The van der Waals surface area contributed by atoms with Crippen molar-refractivity contribution in [3.8, 4) is 0 Å². The fraction of sp³-hybridized carbons (Fsp3) is 0.714. The Morgan fingerprint density at radius 2 is 1.56 bits per heavy atom. The quantitative estimate of drug-likeness (QED) is 0.772. The van der Waals surface area contributed by atoms with Gasteiger partial charge in [-0.15, -0.1) is 0 Å². The van der Waals surface area contributed by atoms with Gasteiger partial charge in [0.05, 0.1) is 4.91 Å². The number of hydrogen-bond donors (Lipinski definition) is 1. The van der Waals surface area contributed by atoms with Crippen LogP contribution < -0.4 is 0 Å². The Morgan fingerprint density at radius 1 is 0.889 bits per heavy atom. The lowest BCUT2D eigenvalue weighted by Crippen LogP contribution is -2.06. The lowest BCUT2D eigenvalue weighted by atomic mass is 9.97. The second kappa shape index (κ2) is 6.02. The molecule has 2 aliphatic rings. The highest BCUT2D eigenvalue weighted by Crippen LogP contribution is 2.35. The first-order valence-electron chi connectivity index (χ1n) is 6.98. The van der Waals surface area contributed by atoms with Crippen LogP contribution in [0.2, 0.25) is 0 Å². The van der Waals surface area contributed by atoms with Gasteiger partial charge < -0.3 is 0 Å². The summed E-state index contributed by atoms with van der Waals surface area (Å²) in [6, 6.07) is 0. The van der Waals surface area contributed by atoms with Gasteiger partial charge in [0.2, 0.25) is 0 Å². The van der Waals surface area contributed by atoms with E-state index in [0.29, 0.717) is 11.3 Å². The molecule has 0 aromatic heterocycles. The second-order valence-electron chi connectivity index (χ2n) is 5.27. The zero-order valence-corrected chi connectivity index (χ0v) is 11.6. The summed E-state index contributed by atoms with van der Waals surface area (Å²) < 4.78 is 32.5. The van der Waals surface area contributed by atoms with Crippen molar-refractivity contribution >= 4 is 10.1 Å². The summed E-state index contributed by atoms with van der Waals surface area (Å²) in [7, 11) is -4.02. The SMILES string of the molecule is O=S(=O)(O)C1=C(C2=CCCCCC2)CCCCC1. The minimum absolute atomic E-state index is 0.299. The summed E-state index contributed by atoms with van der Waals surface area (Å²) in [5, 5.41) is 0. The van der Waals surface area contributed by atoms with Crippen molar-refractivity contribution in [2.45, 2.75) is 64.2 Å². The Hall–Kier alpha value is -0.610. The maximum absolute atomic E-state index is 11.5. The molecule has 0 bridgehead atoms. The molecule has 0 saturated heterocycles. The largest absolute Gasteiger partial charge is 0.290 e. The van der Waals surface area contributed by atoms with Crippen LogP contribution in [0.15, 0.2) is 22.1 Å². The topological polar surface area (TPSA) is 54.4 Å². The molecule has 0 radical (unpaired) electrons. The molecule has 0 aromatic rings. The van der Waals surface area contributed by atoms with Crippen molar-refractivity contribution < 1.29 is 13.0 Å². The molecule has 3 nitrogen and oxygen atoms in total. The second-order valence-corrected chi connectivity index (χ2v) is 6.71. The van der Waals surface area contributed by atoms with Crippen LogP contribution in [0.3, 0.4) is 0 Å². The van der Waals surface area contributed by atoms with E-state index in [2.05, 4.69) is 6.08 Å². The average molecular weight is 270 g/mol. The van der Waals surface area contributed by atoms with E-state index in [-0.39, 0.29) is 0 Å². The number of allylic oxidation sites excluding steroid dienone is 4. The van der Waals surface area contributed by atoms with Gasteiger partial charge in [-0.1, -0.05) is 18.9 Å². The first kappa shape index (κ1) is 13.8. The summed E-state index contributed by atoms with van der Waals surface area (Å²) in [4.78, 5) is 0.299. The van der Waals surface area contributed by atoms with Gasteiger partial charge in [-0.25, -0.2) is 0 Å². The van der Waals surface area contributed by atoms with E-state index in [4.69, 9.17) is 0 Å². The van der Waals surface area contributed by atoms with Crippen molar-refractivity contribution in [2.24, 2.45) is 0 Å². The molecule has 0 unspecified atom stereocenters. The molecule has 0 aliphatic heterocycles. The molecule has 102 valence electrons. The number of hydrogen-bond acceptors (Lipinski definition) is 2. The summed E-state index contributed by atoms with van der Waals surface area (Å²) in [6.07, 6.45) is 12.0. The zero-order chi connectivity index (χ0) is 13.0. The maximum Gasteiger partial charge on any atom is 0.290 e. The molecule has 0 amide bonds. The van der Waals surface area contributed by atoms with Crippen LogP contribution in [0.5, 0.6) is 0 Å². The molecule has 18 heavy (non-hydrogen) atoms. The van der Waals surface area contributed by atoms with Gasteiger partial charge >= 0.3 is 0 Å². The van der Waals surface area contributed by atoms with Gasteiger partial charge in [0, 0.05) is 0 Å². The highest BCUT2D eigenvalue weighted by molar-refractivity contribution is 7.89. The van der Waals surface area contributed by atoms with Gasteiger partial charge in [-0.05, 0) is 62.5 Å². The fourth-order valence-electron chi connectivity index (χ4n) is 2.97. The molecule has 0 atom stereocenters. The number of rotatable bonds is 2. The van der Waals surface area contributed by atoms with Gasteiger partial charge in [-0.3, -0.25) is 4.55 Å². The van der Waals surface area contributed by atoms with Crippen LogP contribution >= 0.6 is 0 Å². The van der Waals surface area contributed by atoms with E-state index in [1.54, 1.807) is 0 Å². The molecule has 1 N–H and O–H groups in total. The highest BCUT2D eigenvalue weighted by atomic mass is 32.2. The Bertz CT molecular complexity index is 457. The molecule has 0 aromatic carbocycles. The van der Waals surface area contributed by atoms with Crippen LogP contribution in [0.1, 0.15) is 64.2 Å². The van der Waals surface area contributed by atoms with Gasteiger partial charge in [-0.2, -0.15) is 8.42 Å². The van der Waals surface area contributed by atoms with E-state index < -0.39 is 10.1 Å². The molecule has 0 heterocycles. The molecule has 4 heteroatoms. The van der Waals surface area contributed by atoms with Crippen molar-refractivity contribution in [3.05, 3.63) is 22.1 Å². The predicted molar refractivity (Wildman–Crippen MR) is 72.8 cm³/mol. The van der Waals surface area contributed by atoms with Crippen LogP contribution in [0.25, 0.3) is 0 Å². The Morgan fingerprint density at radius 3 is 2.33 bits per heavy atom.